The van der Waals surface area contributed by atoms with Gasteiger partial charge in [0.15, 0.2) is 0 Å². The molecule has 0 amide bonds. The summed E-state index contributed by atoms with van der Waals surface area (Å²) in [6, 6.07) is 7.04. The Hall–Kier alpha value is -0.860. The first-order valence-corrected chi connectivity index (χ1v) is 6.64. The number of rotatable bonds is 4. The minimum absolute atomic E-state index is 0.343. The molecular weight excluding hydrogens is 210 g/mol. The van der Waals surface area contributed by atoms with Crippen molar-refractivity contribution in [2.45, 2.75) is 45.8 Å². The Kier molecular flexibility index (Phi) is 4.19. The van der Waals surface area contributed by atoms with Crippen molar-refractivity contribution in [3.63, 3.8) is 0 Å². The van der Waals surface area contributed by atoms with E-state index >= 15 is 0 Å². The zero-order valence-electron chi connectivity index (χ0n) is 11.1. The van der Waals surface area contributed by atoms with Gasteiger partial charge in [-0.15, -0.1) is 0 Å². The Morgan fingerprint density at radius 2 is 2.24 bits per heavy atom. The van der Waals surface area contributed by atoms with Crippen LogP contribution in [0.15, 0.2) is 18.2 Å². The molecular formula is C15H23NO. The summed E-state index contributed by atoms with van der Waals surface area (Å²) in [7, 11) is 0. The number of hydrogen-bond donors (Lipinski definition) is 1. The van der Waals surface area contributed by atoms with E-state index < -0.39 is 0 Å². The van der Waals surface area contributed by atoms with E-state index in [0.717, 1.165) is 13.2 Å². The molecule has 2 unspecified atom stereocenters. The fourth-order valence-corrected chi connectivity index (χ4v) is 2.62. The van der Waals surface area contributed by atoms with Crippen molar-refractivity contribution in [1.29, 1.82) is 0 Å². The van der Waals surface area contributed by atoms with Crippen LogP contribution in [0.3, 0.4) is 0 Å². The van der Waals surface area contributed by atoms with E-state index in [0.29, 0.717) is 12.1 Å². The van der Waals surface area contributed by atoms with Crippen LogP contribution in [-0.2, 0) is 4.74 Å². The van der Waals surface area contributed by atoms with Gasteiger partial charge >= 0.3 is 0 Å². The molecule has 0 saturated carbocycles. The molecule has 1 aromatic rings. The van der Waals surface area contributed by atoms with Crippen molar-refractivity contribution in [3.05, 3.63) is 34.9 Å². The van der Waals surface area contributed by atoms with Crippen LogP contribution in [0.1, 0.15) is 42.5 Å². The van der Waals surface area contributed by atoms with Crippen LogP contribution in [0.25, 0.3) is 0 Å². The lowest BCUT2D eigenvalue weighted by Gasteiger charge is -2.26. The number of benzene rings is 1. The van der Waals surface area contributed by atoms with Crippen molar-refractivity contribution >= 4 is 0 Å². The van der Waals surface area contributed by atoms with Crippen LogP contribution in [0.5, 0.6) is 0 Å². The van der Waals surface area contributed by atoms with Crippen molar-refractivity contribution in [1.82, 2.24) is 5.32 Å². The monoisotopic (exact) mass is 233 g/mol. The highest BCUT2D eigenvalue weighted by atomic mass is 16.5. The van der Waals surface area contributed by atoms with Crippen LogP contribution in [-0.4, -0.2) is 19.3 Å². The number of likely N-dealkylation sites (N-methyl/N-ethyl adjacent to an activating group) is 1. The molecule has 1 N–H and O–H groups in total. The van der Waals surface area contributed by atoms with Crippen LogP contribution in [0.2, 0.25) is 0 Å². The summed E-state index contributed by atoms with van der Waals surface area (Å²) < 4.78 is 5.85. The van der Waals surface area contributed by atoms with Crippen molar-refractivity contribution in [3.8, 4) is 0 Å². The minimum Gasteiger partial charge on any atom is -0.376 e. The van der Waals surface area contributed by atoms with E-state index in [-0.39, 0.29) is 0 Å². The normalized spacial score (nSPS) is 21.7. The molecule has 1 aliphatic heterocycles. The van der Waals surface area contributed by atoms with Gasteiger partial charge in [-0.05, 0) is 44.4 Å². The zero-order valence-corrected chi connectivity index (χ0v) is 11.1. The maximum atomic E-state index is 5.85. The molecule has 2 nitrogen and oxygen atoms in total. The highest BCUT2D eigenvalue weighted by Crippen LogP contribution is 2.29. The zero-order chi connectivity index (χ0) is 12.3. The third kappa shape index (κ3) is 2.88. The van der Waals surface area contributed by atoms with Gasteiger partial charge in [-0.3, -0.25) is 0 Å². The highest BCUT2D eigenvalue weighted by molar-refractivity contribution is 5.33. The molecule has 2 heteroatoms. The van der Waals surface area contributed by atoms with Gasteiger partial charge in [-0.1, -0.05) is 30.7 Å². The minimum atomic E-state index is 0.343. The fraction of sp³-hybridized carbons (Fsp3) is 0.600. The summed E-state index contributed by atoms with van der Waals surface area (Å²) in [4.78, 5) is 0. The van der Waals surface area contributed by atoms with Gasteiger partial charge in [0.1, 0.15) is 0 Å². The molecule has 2 rings (SSSR count). The average Bonchev–Trinajstić information content (AvgIpc) is 2.83. The first-order valence-electron chi connectivity index (χ1n) is 6.64. The van der Waals surface area contributed by atoms with E-state index in [9.17, 15) is 0 Å². The molecule has 1 fully saturated rings. The summed E-state index contributed by atoms with van der Waals surface area (Å²) in [5.74, 6) is 0. The van der Waals surface area contributed by atoms with Crippen LogP contribution < -0.4 is 5.32 Å². The summed E-state index contributed by atoms with van der Waals surface area (Å²) in [6.07, 6.45) is 2.71. The third-order valence-electron chi connectivity index (χ3n) is 3.53. The number of hydrogen-bond acceptors (Lipinski definition) is 2. The molecule has 17 heavy (non-hydrogen) atoms. The summed E-state index contributed by atoms with van der Waals surface area (Å²) in [5, 5.41) is 3.58. The van der Waals surface area contributed by atoms with Gasteiger partial charge in [0, 0.05) is 6.61 Å². The number of ether oxygens (including phenoxy) is 1. The lowest BCUT2D eigenvalue weighted by Crippen LogP contribution is -2.32. The van der Waals surface area contributed by atoms with Gasteiger partial charge < -0.3 is 10.1 Å². The molecule has 0 bridgehead atoms. The molecule has 1 heterocycles. The smallest absolute Gasteiger partial charge is 0.0770 e. The largest absolute Gasteiger partial charge is 0.376 e. The Bertz CT molecular complexity index is 369. The quantitative estimate of drug-likeness (QED) is 0.862. The van der Waals surface area contributed by atoms with Gasteiger partial charge in [0.05, 0.1) is 12.1 Å². The van der Waals surface area contributed by atoms with E-state index in [4.69, 9.17) is 4.74 Å². The summed E-state index contributed by atoms with van der Waals surface area (Å²) >= 11 is 0. The summed E-state index contributed by atoms with van der Waals surface area (Å²) in [5.41, 5.74) is 4.09. The van der Waals surface area contributed by atoms with E-state index in [2.05, 4.69) is 44.3 Å². The first kappa shape index (κ1) is 12.6. The molecule has 0 aromatic heterocycles. The molecule has 1 aliphatic rings. The third-order valence-corrected chi connectivity index (χ3v) is 3.53. The van der Waals surface area contributed by atoms with Crippen LogP contribution in [0, 0.1) is 13.8 Å². The van der Waals surface area contributed by atoms with E-state index in [1.807, 2.05) is 0 Å². The predicted molar refractivity (Wildman–Crippen MR) is 71.3 cm³/mol. The molecule has 0 aliphatic carbocycles. The lowest BCUT2D eigenvalue weighted by molar-refractivity contribution is 0.0786. The second kappa shape index (κ2) is 5.65. The van der Waals surface area contributed by atoms with E-state index in [1.165, 1.54) is 29.5 Å². The lowest BCUT2D eigenvalue weighted by atomic mass is 9.94. The molecule has 2 atom stereocenters. The van der Waals surface area contributed by atoms with Crippen LogP contribution >= 0.6 is 0 Å². The molecule has 0 spiro atoms. The number of aryl methyl sites for hydroxylation is 2. The average molecular weight is 233 g/mol. The van der Waals surface area contributed by atoms with Crippen molar-refractivity contribution in [2.24, 2.45) is 0 Å². The second-order valence-corrected chi connectivity index (χ2v) is 4.95. The first-order chi connectivity index (χ1) is 8.22. The van der Waals surface area contributed by atoms with Crippen molar-refractivity contribution in [2.75, 3.05) is 13.2 Å². The Morgan fingerprint density at radius 3 is 2.88 bits per heavy atom. The fourth-order valence-electron chi connectivity index (χ4n) is 2.62. The Morgan fingerprint density at radius 1 is 1.41 bits per heavy atom. The SMILES string of the molecule is CCNC(c1cc(C)ccc1C)C1CCCO1. The highest BCUT2D eigenvalue weighted by Gasteiger charge is 2.27. The Labute approximate surface area is 104 Å². The second-order valence-electron chi connectivity index (χ2n) is 4.95. The standard InChI is InChI=1S/C15H23NO/c1-4-16-15(14-6-5-9-17-14)13-10-11(2)7-8-12(13)3/h7-8,10,14-16H,4-6,9H2,1-3H3. The summed E-state index contributed by atoms with van der Waals surface area (Å²) in [6.45, 7) is 8.40. The van der Waals surface area contributed by atoms with Crippen molar-refractivity contribution < 1.29 is 4.74 Å². The predicted octanol–water partition coefficient (Wildman–Crippen LogP) is 3.13. The maximum Gasteiger partial charge on any atom is 0.0770 e. The van der Waals surface area contributed by atoms with Gasteiger partial charge in [-0.25, -0.2) is 0 Å². The molecule has 94 valence electrons. The van der Waals surface area contributed by atoms with Gasteiger partial charge in [0.25, 0.3) is 0 Å². The molecule has 1 saturated heterocycles. The maximum absolute atomic E-state index is 5.85. The van der Waals surface area contributed by atoms with Gasteiger partial charge in [-0.2, -0.15) is 0 Å². The topological polar surface area (TPSA) is 21.3 Å². The molecule has 1 aromatic carbocycles. The van der Waals surface area contributed by atoms with Gasteiger partial charge in [0.2, 0.25) is 0 Å². The molecule has 0 radical (unpaired) electrons. The Balaban J connectivity index is 2.27. The van der Waals surface area contributed by atoms with Crippen LogP contribution in [0.4, 0.5) is 0 Å². The van der Waals surface area contributed by atoms with E-state index in [1.54, 1.807) is 0 Å². The number of nitrogens with one attached hydrogen (secondary N) is 1.